The molecule has 0 spiro atoms. The highest BCUT2D eigenvalue weighted by molar-refractivity contribution is 6.11. The summed E-state index contributed by atoms with van der Waals surface area (Å²) in [7, 11) is 3.04. The number of hydrogen-bond donors (Lipinski definition) is 0. The van der Waals surface area contributed by atoms with E-state index in [1.54, 1.807) is 19.2 Å². The molecule has 0 unspecified atom stereocenters. The number of aryl methyl sites for hydroxylation is 1. The van der Waals surface area contributed by atoms with Gasteiger partial charge in [-0.1, -0.05) is 0 Å². The van der Waals surface area contributed by atoms with Gasteiger partial charge in [0.05, 0.1) is 12.7 Å². The number of methoxy groups -OCH3 is 2. The molecule has 0 aliphatic carbocycles. The molecule has 1 atom stereocenters. The molecule has 0 radical (unpaired) electrons. The Morgan fingerprint density at radius 3 is 2.69 bits per heavy atom. The summed E-state index contributed by atoms with van der Waals surface area (Å²) >= 11 is 0. The van der Waals surface area contributed by atoms with Crippen molar-refractivity contribution in [2.24, 2.45) is 0 Å². The summed E-state index contributed by atoms with van der Waals surface area (Å²) in [5.74, 6) is 0.0783. The van der Waals surface area contributed by atoms with Crippen molar-refractivity contribution in [3.8, 4) is 17.6 Å². The van der Waals surface area contributed by atoms with Crippen molar-refractivity contribution in [3.05, 3.63) is 57.5 Å². The van der Waals surface area contributed by atoms with Gasteiger partial charge in [0.15, 0.2) is 12.4 Å². The number of hydrogen-bond acceptors (Lipinski definition) is 7. The second-order valence-electron chi connectivity index (χ2n) is 8.51. The van der Waals surface area contributed by atoms with Crippen molar-refractivity contribution in [2.75, 3.05) is 34.0 Å². The van der Waals surface area contributed by atoms with E-state index in [0.29, 0.717) is 31.9 Å². The number of nitrogens with zero attached hydrogens (tertiary/aromatic N) is 3. The predicted octanol–water partition coefficient (Wildman–Crippen LogP) is 2.78. The van der Waals surface area contributed by atoms with Crippen molar-refractivity contribution in [2.45, 2.75) is 45.2 Å². The van der Waals surface area contributed by atoms with Crippen LogP contribution in [0.15, 0.2) is 35.3 Å². The molecule has 1 aromatic carbocycles. The molecule has 9 nitrogen and oxygen atoms in total. The topological polar surface area (TPSA) is 111 Å². The Bertz CT molecular complexity index is 1170. The van der Waals surface area contributed by atoms with Gasteiger partial charge in [0.25, 0.3) is 11.5 Å². The van der Waals surface area contributed by atoms with Crippen LogP contribution in [0.3, 0.4) is 0 Å². The molecule has 1 fully saturated rings. The molecule has 1 aliphatic heterocycles. The number of carbonyl (C=O) groups excluding carboxylic acids is 2. The second kappa shape index (κ2) is 12.2. The van der Waals surface area contributed by atoms with Crippen molar-refractivity contribution in [1.29, 1.82) is 5.26 Å². The summed E-state index contributed by atoms with van der Waals surface area (Å²) in [5, 5.41) is 9.43. The second-order valence-corrected chi connectivity index (χ2v) is 8.51. The molecule has 35 heavy (non-hydrogen) atoms. The first-order valence-electron chi connectivity index (χ1n) is 11.7. The first-order valence-corrected chi connectivity index (χ1v) is 11.7. The lowest BCUT2D eigenvalue weighted by atomic mass is 10.0. The highest BCUT2D eigenvalue weighted by Gasteiger charge is 2.25. The van der Waals surface area contributed by atoms with Gasteiger partial charge in [0, 0.05) is 44.6 Å². The molecule has 9 heteroatoms. The minimum atomic E-state index is -0.469. The normalized spacial score (nSPS) is 15.4. The van der Waals surface area contributed by atoms with Crippen LogP contribution in [0.4, 0.5) is 0 Å². The zero-order valence-electron chi connectivity index (χ0n) is 20.4. The predicted molar refractivity (Wildman–Crippen MR) is 129 cm³/mol. The summed E-state index contributed by atoms with van der Waals surface area (Å²) in [6.07, 6.45) is 5.00. The zero-order valence-corrected chi connectivity index (χ0v) is 20.4. The minimum absolute atomic E-state index is 0.132. The first-order chi connectivity index (χ1) is 16.9. The average molecular weight is 482 g/mol. The Labute approximate surface area is 204 Å². The number of aromatic nitrogens is 1. The van der Waals surface area contributed by atoms with E-state index in [1.165, 1.54) is 30.0 Å². The Morgan fingerprint density at radius 1 is 1.20 bits per heavy atom. The fraction of sp³-hybridized carbons (Fsp3) is 0.462. The van der Waals surface area contributed by atoms with Crippen LogP contribution in [0.2, 0.25) is 0 Å². The lowest BCUT2D eigenvalue weighted by Gasteiger charge is -2.33. The minimum Gasteiger partial charge on any atom is -0.497 e. The molecule has 0 saturated carbocycles. The number of ketones is 1. The van der Waals surface area contributed by atoms with E-state index in [1.807, 2.05) is 17.9 Å². The third kappa shape index (κ3) is 6.28. The van der Waals surface area contributed by atoms with Gasteiger partial charge in [0.2, 0.25) is 0 Å². The lowest BCUT2D eigenvalue weighted by molar-refractivity contribution is -0.136. The molecular formula is C26H31N3O6. The maximum absolute atomic E-state index is 13.5. The standard InChI is InChI=1S/C26H31N3O6/c1-18-7-4-5-11-29(18)24(30)17-35-23-9-8-21(34-3)14-22(23)25(31)20-13-19(15-27)26(32)28(16-20)10-6-12-33-2/h8-9,13-14,16,18H,4-7,10-12,17H2,1-3H3/t18-/m1/s1. The number of benzene rings is 1. The van der Waals surface area contributed by atoms with E-state index in [2.05, 4.69) is 0 Å². The fourth-order valence-corrected chi connectivity index (χ4v) is 4.17. The van der Waals surface area contributed by atoms with Crippen LogP contribution >= 0.6 is 0 Å². The van der Waals surface area contributed by atoms with Crippen LogP contribution in [-0.2, 0) is 16.1 Å². The van der Waals surface area contributed by atoms with Crippen molar-refractivity contribution in [1.82, 2.24) is 9.47 Å². The molecule has 3 rings (SSSR count). The smallest absolute Gasteiger partial charge is 0.268 e. The molecule has 1 aliphatic rings. The highest BCUT2D eigenvalue weighted by atomic mass is 16.5. The maximum atomic E-state index is 13.5. The summed E-state index contributed by atoms with van der Waals surface area (Å²) in [6.45, 7) is 3.25. The van der Waals surface area contributed by atoms with Crippen molar-refractivity contribution < 1.29 is 23.8 Å². The van der Waals surface area contributed by atoms with Gasteiger partial charge >= 0.3 is 0 Å². The third-order valence-corrected chi connectivity index (χ3v) is 6.12. The Morgan fingerprint density at radius 2 is 2.00 bits per heavy atom. The number of ether oxygens (including phenoxy) is 3. The number of rotatable bonds is 10. The van der Waals surface area contributed by atoms with E-state index in [0.717, 1.165) is 19.3 Å². The van der Waals surface area contributed by atoms with Crippen LogP contribution in [0, 0.1) is 11.3 Å². The van der Waals surface area contributed by atoms with E-state index in [-0.39, 0.29) is 41.0 Å². The highest BCUT2D eigenvalue weighted by Crippen LogP contribution is 2.27. The summed E-state index contributed by atoms with van der Waals surface area (Å²) in [4.78, 5) is 40.6. The van der Waals surface area contributed by atoms with E-state index in [9.17, 15) is 19.6 Å². The van der Waals surface area contributed by atoms with Crippen LogP contribution in [-0.4, -0.2) is 61.2 Å². The van der Waals surface area contributed by atoms with Crippen LogP contribution in [0.5, 0.6) is 11.5 Å². The Hall–Kier alpha value is -3.64. The molecule has 0 bridgehead atoms. The number of piperidine rings is 1. The molecule has 2 heterocycles. The van der Waals surface area contributed by atoms with Gasteiger partial charge in [-0.15, -0.1) is 0 Å². The molecule has 186 valence electrons. The number of pyridine rings is 1. The van der Waals surface area contributed by atoms with Gasteiger partial charge < -0.3 is 23.7 Å². The lowest BCUT2D eigenvalue weighted by Crippen LogP contribution is -2.44. The quantitative estimate of drug-likeness (QED) is 0.379. The number of amides is 1. The summed E-state index contributed by atoms with van der Waals surface area (Å²) in [6, 6.07) is 8.05. The van der Waals surface area contributed by atoms with Gasteiger partial charge in [-0.05, 0) is 56.9 Å². The SMILES string of the molecule is COCCCn1cc(C(=O)c2cc(OC)ccc2OCC(=O)N2CCCC[C@H]2C)cc(C#N)c1=O. The number of nitriles is 1. The van der Waals surface area contributed by atoms with Crippen molar-refractivity contribution in [3.63, 3.8) is 0 Å². The third-order valence-electron chi connectivity index (χ3n) is 6.12. The Balaban J connectivity index is 1.90. The summed E-state index contributed by atoms with van der Waals surface area (Å²) < 4.78 is 17.5. The van der Waals surface area contributed by atoms with E-state index < -0.39 is 11.3 Å². The fourth-order valence-electron chi connectivity index (χ4n) is 4.17. The molecular weight excluding hydrogens is 450 g/mol. The van der Waals surface area contributed by atoms with Gasteiger partial charge in [-0.25, -0.2) is 0 Å². The zero-order chi connectivity index (χ0) is 25.4. The maximum Gasteiger partial charge on any atom is 0.268 e. The summed E-state index contributed by atoms with van der Waals surface area (Å²) in [5.41, 5.74) is -0.265. The van der Waals surface area contributed by atoms with Crippen LogP contribution < -0.4 is 15.0 Å². The van der Waals surface area contributed by atoms with Gasteiger partial charge in [-0.3, -0.25) is 14.4 Å². The van der Waals surface area contributed by atoms with Crippen molar-refractivity contribution >= 4 is 11.7 Å². The van der Waals surface area contributed by atoms with Gasteiger partial charge in [-0.2, -0.15) is 5.26 Å². The monoisotopic (exact) mass is 481 g/mol. The number of likely N-dealkylation sites (tertiary alicyclic amines) is 1. The number of carbonyl (C=O) groups is 2. The van der Waals surface area contributed by atoms with Gasteiger partial charge in [0.1, 0.15) is 23.1 Å². The molecule has 1 amide bonds. The van der Waals surface area contributed by atoms with Crippen LogP contribution in [0.25, 0.3) is 0 Å². The molecule has 1 saturated heterocycles. The molecule has 1 aromatic heterocycles. The Kier molecular flexibility index (Phi) is 9.04. The van der Waals surface area contributed by atoms with Crippen LogP contribution in [0.1, 0.15) is 54.1 Å². The molecule has 0 N–H and O–H groups in total. The first kappa shape index (κ1) is 26.0. The largest absolute Gasteiger partial charge is 0.497 e. The molecule has 2 aromatic rings. The average Bonchev–Trinajstić information content (AvgIpc) is 2.88. The van der Waals surface area contributed by atoms with E-state index >= 15 is 0 Å². The van der Waals surface area contributed by atoms with E-state index in [4.69, 9.17) is 14.2 Å².